The zero-order chi connectivity index (χ0) is 17.3. The maximum atomic E-state index is 12.5. The summed E-state index contributed by atoms with van der Waals surface area (Å²) >= 11 is 1.10. The van der Waals surface area contributed by atoms with Crippen molar-refractivity contribution >= 4 is 23.2 Å². The van der Waals surface area contributed by atoms with E-state index in [-0.39, 0.29) is 16.8 Å². The lowest BCUT2D eigenvalue weighted by Crippen LogP contribution is -2.27. The lowest BCUT2D eigenvalue weighted by Gasteiger charge is -2.11. The van der Waals surface area contributed by atoms with Gasteiger partial charge in [-0.05, 0) is 40.7 Å². The zero-order valence-corrected chi connectivity index (χ0v) is 14.7. The van der Waals surface area contributed by atoms with Crippen LogP contribution in [-0.4, -0.2) is 26.5 Å². The van der Waals surface area contributed by atoms with Crippen LogP contribution in [0.4, 0.5) is 0 Å². The number of rotatable bonds is 5. The molecule has 0 spiro atoms. The molecular formula is C16H21N3O3S. The van der Waals surface area contributed by atoms with Crippen LogP contribution in [0.3, 0.4) is 0 Å². The summed E-state index contributed by atoms with van der Waals surface area (Å²) in [6.07, 6.45) is 0. The second kappa shape index (κ2) is 6.54. The van der Waals surface area contributed by atoms with Gasteiger partial charge in [0.05, 0.1) is 17.3 Å². The average Bonchev–Trinajstić information content (AvgIpc) is 2.99. The van der Waals surface area contributed by atoms with Crippen LogP contribution in [0, 0.1) is 20.8 Å². The van der Waals surface area contributed by atoms with Crippen LogP contribution in [0.1, 0.15) is 62.0 Å². The Labute approximate surface area is 139 Å². The molecule has 2 aromatic rings. The number of carboxylic acid groups (broad SMARTS) is 1. The molecule has 1 amide bonds. The molecule has 0 aliphatic carbocycles. The molecule has 0 fully saturated rings. The Balaban J connectivity index is 2.20. The number of amides is 1. The summed E-state index contributed by atoms with van der Waals surface area (Å²) in [5.41, 5.74) is 3.09. The SMILES string of the molecule is CCn1c(C)cc(C(=O)N[C@@H](C)c2nc(C)c(C(=O)O)s2)c1C. The second-order valence-electron chi connectivity index (χ2n) is 5.50. The molecule has 23 heavy (non-hydrogen) atoms. The van der Waals surface area contributed by atoms with Crippen molar-refractivity contribution in [2.24, 2.45) is 0 Å². The molecule has 0 saturated heterocycles. The molecule has 2 rings (SSSR count). The van der Waals surface area contributed by atoms with Crippen molar-refractivity contribution in [3.63, 3.8) is 0 Å². The van der Waals surface area contributed by atoms with Gasteiger partial charge < -0.3 is 15.0 Å². The monoisotopic (exact) mass is 335 g/mol. The normalized spacial score (nSPS) is 12.2. The largest absolute Gasteiger partial charge is 0.477 e. The average molecular weight is 335 g/mol. The summed E-state index contributed by atoms with van der Waals surface area (Å²) in [5, 5.41) is 12.6. The molecule has 2 N–H and O–H groups in total. The lowest BCUT2D eigenvalue weighted by atomic mass is 10.2. The smallest absolute Gasteiger partial charge is 0.347 e. The van der Waals surface area contributed by atoms with Gasteiger partial charge in [0, 0.05) is 17.9 Å². The van der Waals surface area contributed by atoms with Gasteiger partial charge in [0.15, 0.2) is 0 Å². The molecule has 0 saturated carbocycles. The Bertz CT molecular complexity index is 761. The minimum atomic E-state index is -0.990. The molecule has 2 heterocycles. The van der Waals surface area contributed by atoms with Gasteiger partial charge in [-0.25, -0.2) is 9.78 Å². The van der Waals surface area contributed by atoms with E-state index < -0.39 is 5.97 Å². The van der Waals surface area contributed by atoms with Crippen LogP contribution in [0.25, 0.3) is 0 Å². The third kappa shape index (κ3) is 3.29. The molecule has 6 nitrogen and oxygen atoms in total. The highest BCUT2D eigenvalue weighted by atomic mass is 32.1. The van der Waals surface area contributed by atoms with Crippen molar-refractivity contribution in [1.82, 2.24) is 14.9 Å². The fourth-order valence-corrected chi connectivity index (χ4v) is 3.56. The van der Waals surface area contributed by atoms with E-state index in [0.29, 0.717) is 16.3 Å². The number of nitrogens with zero attached hydrogens (tertiary/aromatic N) is 2. The van der Waals surface area contributed by atoms with E-state index in [2.05, 4.69) is 14.9 Å². The Hall–Kier alpha value is -2.15. The van der Waals surface area contributed by atoms with Crippen LogP contribution in [-0.2, 0) is 6.54 Å². The summed E-state index contributed by atoms with van der Waals surface area (Å²) in [6, 6.07) is 1.53. The zero-order valence-electron chi connectivity index (χ0n) is 13.9. The third-order valence-corrected chi connectivity index (χ3v) is 5.19. The van der Waals surface area contributed by atoms with Crippen LogP contribution < -0.4 is 5.32 Å². The molecular weight excluding hydrogens is 314 g/mol. The molecule has 0 bridgehead atoms. The van der Waals surface area contributed by atoms with Crippen LogP contribution in [0.5, 0.6) is 0 Å². The summed E-state index contributed by atoms with van der Waals surface area (Å²) in [6.45, 7) is 10.2. The Morgan fingerprint density at radius 3 is 2.52 bits per heavy atom. The van der Waals surface area contributed by atoms with Gasteiger partial charge in [0.1, 0.15) is 9.88 Å². The highest BCUT2D eigenvalue weighted by Gasteiger charge is 2.21. The van der Waals surface area contributed by atoms with Gasteiger partial charge in [-0.15, -0.1) is 11.3 Å². The molecule has 2 aromatic heterocycles. The first-order valence-electron chi connectivity index (χ1n) is 7.44. The Morgan fingerprint density at radius 1 is 1.39 bits per heavy atom. The number of nitrogens with one attached hydrogen (secondary N) is 1. The predicted octanol–water partition coefficient (Wildman–Crippen LogP) is 3.08. The minimum Gasteiger partial charge on any atom is -0.477 e. The lowest BCUT2D eigenvalue weighted by molar-refractivity contribution is 0.0701. The highest BCUT2D eigenvalue weighted by molar-refractivity contribution is 7.13. The number of carbonyl (C=O) groups is 2. The van der Waals surface area contributed by atoms with E-state index in [9.17, 15) is 9.59 Å². The first-order valence-corrected chi connectivity index (χ1v) is 8.26. The van der Waals surface area contributed by atoms with Crippen LogP contribution >= 0.6 is 11.3 Å². The van der Waals surface area contributed by atoms with Gasteiger partial charge in [0.2, 0.25) is 0 Å². The molecule has 0 unspecified atom stereocenters. The molecule has 0 aromatic carbocycles. The number of hydrogen-bond acceptors (Lipinski definition) is 4. The molecule has 0 aliphatic rings. The van der Waals surface area contributed by atoms with E-state index >= 15 is 0 Å². The van der Waals surface area contributed by atoms with Crippen molar-refractivity contribution in [3.8, 4) is 0 Å². The summed E-state index contributed by atoms with van der Waals surface area (Å²) in [7, 11) is 0. The summed E-state index contributed by atoms with van der Waals surface area (Å²) in [4.78, 5) is 28.1. The first-order chi connectivity index (χ1) is 10.8. The third-order valence-electron chi connectivity index (χ3n) is 3.86. The maximum absolute atomic E-state index is 12.5. The first kappa shape index (κ1) is 17.2. The van der Waals surface area contributed by atoms with Crippen molar-refractivity contribution in [2.45, 2.75) is 47.2 Å². The van der Waals surface area contributed by atoms with Gasteiger partial charge >= 0.3 is 5.97 Å². The Kier molecular flexibility index (Phi) is 4.89. The molecule has 0 radical (unpaired) electrons. The maximum Gasteiger partial charge on any atom is 0.347 e. The van der Waals surface area contributed by atoms with Gasteiger partial charge in [-0.3, -0.25) is 4.79 Å². The van der Waals surface area contributed by atoms with Gasteiger partial charge in [-0.2, -0.15) is 0 Å². The molecule has 124 valence electrons. The van der Waals surface area contributed by atoms with Gasteiger partial charge in [0.25, 0.3) is 5.91 Å². The Morgan fingerprint density at radius 2 is 2.04 bits per heavy atom. The quantitative estimate of drug-likeness (QED) is 0.879. The number of aromatic nitrogens is 2. The van der Waals surface area contributed by atoms with Crippen molar-refractivity contribution in [2.75, 3.05) is 0 Å². The van der Waals surface area contributed by atoms with Crippen molar-refractivity contribution in [3.05, 3.63) is 38.6 Å². The van der Waals surface area contributed by atoms with Crippen LogP contribution in [0.2, 0.25) is 0 Å². The molecule has 0 aliphatic heterocycles. The fraction of sp³-hybridized carbons (Fsp3) is 0.438. The fourth-order valence-electron chi connectivity index (χ4n) is 2.65. The van der Waals surface area contributed by atoms with Crippen LogP contribution in [0.15, 0.2) is 6.07 Å². The van der Waals surface area contributed by atoms with E-state index in [1.165, 1.54) is 0 Å². The van der Waals surface area contributed by atoms with E-state index in [0.717, 1.165) is 29.3 Å². The molecule has 1 atom stereocenters. The van der Waals surface area contributed by atoms with E-state index in [4.69, 9.17) is 5.11 Å². The predicted molar refractivity (Wildman–Crippen MR) is 89.3 cm³/mol. The minimum absolute atomic E-state index is 0.171. The van der Waals surface area contributed by atoms with E-state index in [1.54, 1.807) is 13.8 Å². The second-order valence-corrected chi connectivity index (χ2v) is 6.53. The summed E-state index contributed by atoms with van der Waals surface area (Å²) in [5.74, 6) is -1.16. The highest BCUT2D eigenvalue weighted by Crippen LogP contribution is 2.24. The number of carbonyl (C=O) groups excluding carboxylic acids is 1. The summed E-state index contributed by atoms with van der Waals surface area (Å²) < 4.78 is 2.08. The molecule has 7 heteroatoms. The standard InChI is InChI=1S/C16H21N3O3S/c1-6-19-8(2)7-12(11(19)5)14(20)17-10(4)15-18-9(3)13(23-15)16(21)22/h7,10H,6H2,1-5H3,(H,17,20)(H,21,22)/t10-/m0/s1. The number of aromatic carboxylic acids is 1. The van der Waals surface area contributed by atoms with E-state index in [1.807, 2.05) is 26.8 Å². The van der Waals surface area contributed by atoms with Crippen molar-refractivity contribution in [1.29, 1.82) is 0 Å². The number of carboxylic acids is 1. The van der Waals surface area contributed by atoms with Crippen molar-refractivity contribution < 1.29 is 14.7 Å². The topological polar surface area (TPSA) is 84.2 Å². The van der Waals surface area contributed by atoms with Gasteiger partial charge in [-0.1, -0.05) is 0 Å². The number of aryl methyl sites for hydroxylation is 2. The number of hydrogen-bond donors (Lipinski definition) is 2. The number of thiazole rings is 1.